The van der Waals surface area contributed by atoms with Crippen molar-refractivity contribution in [3.8, 4) is 0 Å². The Balaban J connectivity index is 1.94. The summed E-state index contributed by atoms with van der Waals surface area (Å²) in [5, 5.41) is 7.28. The molecule has 1 N–H and O–H groups in total. The molecule has 0 amide bonds. The molecule has 20 heavy (non-hydrogen) atoms. The number of hydrogen-bond donors (Lipinski definition) is 1. The van der Waals surface area contributed by atoms with Crippen LogP contribution in [0.25, 0.3) is 5.52 Å². The predicted molar refractivity (Wildman–Crippen MR) is 77.0 cm³/mol. The Bertz CT molecular complexity index is 789. The van der Waals surface area contributed by atoms with Crippen LogP contribution in [0.15, 0.2) is 47.8 Å². The fourth-order valence-corrected chi connectivity index (χ4v) is 2.14. The third-order valence-electron chi connectivity index (χ3n) is 3.07. The van der Waals surface area contributed by atoms with Crippen LogP contribution in [0.3, 0.4) is 0 Å². The van der Waals surface area contributed by atoms with Gasteiger partial charge in [-0.2, -0.15) is 5.10 Å². The molecule has 3 rings (SSSR count). The lowest BCUT2D eigenvalue weighted by molar-refractivity contribution is 0.726. The Kier molecular flexibility index (Phi) is 3.20. The Morgan fingerprint density at radius 3 is 3.00 bits per heavy atom. The van der Waals surface area contributed by atoms with Gasteiger partial charge >= 0.3 is 0 Å². The summed E-state index contributed by atoms with van der Waals surface area (Å²) in [5.74, 6) is 0. The quantitative estimate of drug-likeness (QED) is 0.777. The Hall–Kier alpha value is -2.63. The van der Waals surface area contributed by atoms with E-state index in [4.69, 9.17) is 0 Å². The van der Waals surface area contributed by atoms with Gasteiger partial charge in [-0.3, -0.25) is 9.78 Å². The summed E-state index contributed by atoms with van der Waals surface area (Å²) in [6, 6.07) is 5.58. The molecule has 0 aliphatic rings. The van der Waals surface area contributed by atoms with Crippen LogP contribution in [0.5, 0.6) is 0 Å². The van der Waals surface area contributed by atoms with Gasteiger partial charge < -0.3 is 9.88 Å². The molecule has 6 nitrogen and oxygen atoms in total. The first-order valence-electron chi connectivity index (χ1n) is 6.49. The summed E-state index contributed by atoms with van der Waals surface area (Å²) < 4.78 is 3.20. The molecule has 3 aromatic rings. The maximum atomic E-state index is 12.3. The maximum Gasteiger partial charge on any atom is 0.276 e. The second-order valence-corrected chi connectivity index (χ2v) is 4.46. The molecule has 0 aromatic carbocycles. The molecule has 102 valence electrons. The number of nitrogens with zero attached hydrogens (tertiary/aromatic N) is 4. The van der Waals surface area contributed by atoms with Gasteiger partial charge in [0.15, 0.2) is 0 Å². The van der Waals surface area contributed by atoms with Crippen molar-refractivity contribution in [2.24, 2.45) is 0 Å². The Morgan fingerprint density at radius 2 is 2.15 bits per heavy atom. The molecule has 0 radical (unpaired) electrons. The van der Waals surface area contributed by atoms with Crippen LogP contribution in [-0.4, -0.2) is 25.7 Å². The smallest absolute Gasteiger partial charge is 0.276 e. The molecule has 0 atom stereocenters. The molecule has 0 saturated heterocycles. The molecular weight excluding hydrogens is 254 g/mol. The minimum atomic E-state index is -0.0688. The number of fused-ring (bicyclic) bond motifs is 1. The normalized spacial score (nSPS) is 10.8. The lowest BCUT2D eigenvalue weighted by atomic mass is 10.3. The fraction of sp³-hybridized carbons (Fsp3) is 0.214. The average Bonchev–Trinajstić information content (AvgIpc) is 2.92. The van der Waals surface area contributed by atoms with E-state index in [-0.39, 0.29) is 5.56 Å². The van der Waals surface area contributed by atoms with Crippen molar-refractivity contribution in [2.75, 3.05) is 11.9 Å². The minimum Gasteiger partial charge on any atom is -0.385 e. The first kappa shape index (κ1) is 12.4. The highest BCUT2D eigenvalue weighted by Crippen LogP contribution is 2.08. The summed E-state index contributed by atoms with van der Waals surface area (Å²) in [7, 11) is 0. The van der Waals surface area contributed by atoms with Crippen molar-refractivity contribution in [3.05, 3.63) is 59.0 Å². The van der Waals surface area contributed by atoms with Gasteiger partial charge in [0.25, 0.3) is 5.56 Å². The standard InChI is InChI=1S/C14H15N5O/c1-2-15-11-3-5-16-12(9-11)10-18-7-8-19-13(14(18)20)4-6-17-19/h3-9H,2,10H2,1H3,(H,15,16). The van der Waals surface area contributed by atoms with Crippen molar-refractivity contribution in [3.63, 3.8) is 0 Å². The molecular formula is C14H15N5O. The van der Waals surface area contributed by atoms with Gasteiger partial charge in [-0.1, -0.05) is 0 Å². The highest BCUT2D eigenvalue weighted by atomic mass is 16.1. The van der Waals surface area contributed by atoms with E-state index in [1.54, 1.807) is 39.9 Å². The minimum absolute atomic E-state index is 0.0688. The van der Waals surface area contributed by atoms with E-state index in [2.05, 4.69) is 15.4 Å². The van der Waals surface area contributed by atoms with Crippen molar-refractivity contribution in [1.82, 2.24) is 19.2 Å². The van der Waals surface area contributed by atoms with Gasteiger partial charge in [-0.15, -0.1) is 0 Å². The fourth-order valence-electron chi connectivity index (χ4n) is 2.14. The highest BCUT2D eigenvalue weighted by Gasteiger charge is 2.05. The van der Waals surface area contributed by atoms with Gasteiger partial charge in [-0.05, 0) is 25.1 Å². The summed E-state index contributed by atoms with van der Waals surface area (Å²) >= 11 is 0. The molecule has 0 saturated carbocycles. The molecule has 0 unspecified atom stereocenters. The molecule has 0 spiro atoms. The van der Waals surface area contributed by atoms with Gasteiger partial charge in [0.05, 0.1) is 18.4 Å². The SMILES string of the molecule is CCNc1ccnc(Cn2ccn3nccc3c2=O)c1. The lowest BCUT2D eigenvalue weighted by Crippen LogP contribution is -2.22. The zero-order valence-electron chi connectivity index (χ0n) is 11.2. The summed E-state index contributed by atoms with van der Waals surface area (Å²) in [6.07, 6.45) is 6.86. The molecule has 3 heterocycles. The first-order valence-corrected chi connectivity index (χ1v) is 6.49. The van der Waals surface area contributed by atoms with Gasteiger partial charge in [0, 0.05) is 30.8 Å². The number of nitrogens with one attached hydrogen (secondary N) is 1. The van der Waals surface area contributed by atoms with Gasteiger partial charge in [0.1, 0.15) is 5.52 Å². The van der Waals surface area contributed by atoms with Crippen LogP contribution in [0.2, 0.25) is 0 Å². The Morgan fingerprint density at radius 1 is 1.25 bits per heavy atom. The van der Waals surface area contributed by atoms with E-state index in [0.717, 1.165) is 17.9 Å². The number of hydrogen-bond acceptors (Lipinski definition) is 4. The third kappa shape index (κ3) is 2.27. The van der Waals surface area contributed by atoms with Crippen LogP contribution < -0.4 is 10.9 Å². The van der Waals surface area contributed by atoms with Gasteiger partial charge in [-0.25, -0.2) is 4.52 Å². The number of aromatic nitrogens is 4. The van der Waals surface area contributed by atoms with Crippen molar-refractivity contribution in [1.29, 1.82) is 0 Å². The second-order valence-electron chi connectivity index (χ2n) is 4.46. The molecule has 3 aromatic heterocycles. The summed E-state index contributed by atoms with van der Waals surface area (Å²) in [4.78, 5) is 16.6. The van der Waals surface area contributed by atoms with E-state index < -0.39 is 0 Å². The topological polar surface area (TPSA) is 64.2 Å². The van der Waals surface area contributed by atoms with Crippen LogP contribution in [0, 0.1) is 0 Å². The average molecular weight is 269 g/mol. The molecule has 0 bridgehead atoms. The monoisotopic (exact) mass is 269 g/mol. The molecule has 0 aliphatic carbocycles. The van der Waals surface area contributed by atoms with E-state index in [1.807, 2.05) is 19.1 Å². The van der Waals surface area contributed by atoms with Crippen LogP contribution in [0.1, 0.15) is 12.6 Å². The van der Waals surface area contributed by atoms with Crippen molar-refractivity contribution in [2.45, 2.75) is 13.5 Å². The predicted octanol–water partition coefficient (Wildman–Crippen LogP) is 1.37. The number of anilines is 1. The van der Waals surface area contributed by atoms with Crippen molar-refractivity contribution < 1.29 is 0 Å². The largest absolute Gasteiger partial charge is 0.385 e. The van der Waals surface area contributed by atoms with Crippen LogP contribution in [0.4, 0.5) is 5.69 Å². The maximum absolute atomic E-state index is 12.3. The van der Waals surface area contributed by atoms with Crippen LogP contribution >= 0.6 is 0 Å². The zero-order chi connectivity index (χ0) is 13.9. The number of pyridine rings is 1. The first-order chi connectivity index (χ1) is 9.78. The van der Waals surface area contributed by atoms with E-state index >= 15 is 0 Å². The van der Waals surface area contributed by atoms with E-state index in [1.165, 1.54) is 0 Å². The molecule has 0 aliphatic heterocycles. The van der Waals surface area contributed by atoms with Crippen LogP contribution in [-0.2, 0) is 6.54 Å². The highest BCUT2D eigenvalue weighted by molar-refractivity contribution is 5.44. The zero-order valence-corrected chi connectivity index (χ0v) is 11.2. The molecule has 6 heteroatoms. The summed E-state index contributed by atoms with van der Waals surface area (Å²) in [5.41, 5.74) is 2.35. The number of rotatable bonds is 4. The van der Waals surface area contributed by atoms with E-state index in [9.17, 15) is 4.79 Å². The van der Waals surface area contributed by atoms with E-state index in [0.29, 0.717) is 12.1 Å². The third-order valence-corrected chi connectivity index (χ3v) is 3.07. The summed E-state index contributed by atoms with van der Waals surface area (Å²) in [6.45, 7) is 3.34. The Labute approximate surface area is 115 Å². The lowest BCUT2D eigenvalue weighted by Gasteiger charge is -2.08. The second kappa shape index (κ2) is 5.16. The molecule has 0 fully saturated rings. The van der Waals surface area contributed by atoms with Crippen molar-refractivity contribution >= 4 is 11.2 Å². The van der Waals surface area contributed by atoms with Gasteiger partial charge in [0.2, 0.25) is 0 Å².